The normalized spacial score (nSPS) is 17.4. The van der Waals surface area contributed by atoms with Crippen molar-refractivity contribution in [2.24, 2.45) is 5.73 Å². The van der Waals surface area contributed by atoms with Gasteiger partial charge < -0.3 is 20.7 Å². The van der Waals surface area contributed by atoms with Crippen molar-refractivity contribution < 1.29 is 23.9 Å². The number of phenolic OH excluding ortho intramolecular Hbond substituents is 2. The lowest BCUT2D eigenvalue weighted by Gasteiger charge is -2.12. The van der Waals surface area contributed by atoms with Crippen LogP contribution in [0.1, 0.15) is 23.0 Å². The number of hydrogen-bond acceptors (Lipinski definition) is 5. The van der Waals surface area contributed by atoms with Crippen LogP contribution in [-0.4, -0.2) is 28.8 Å². The van der Waals surface area contributed by atoms with Gasteiger partial charge in [-0.25, -0.2) is 0 Å². The van der Waals surface area contributed by atoms with Gasteiger partial charge >= 0.3 is 5.97 Å². The molecule has 1 atom stereocenters. The summed E-state index contributed by atoms with van der Waals surface area (Å²) in [5.41, 5.74) is 5.49. The van der Waals surface area contributed by atoms with Crippen molar-refractivity contribution in [3.63, 3.8) is 0 Å². The topological polar surface area (TPSA) is 92.8 Å². The molecule has 0 saturated carbocycles. The minimum absolute atomic E-state index is 0.0963. The molecule has 0 aromatic heterocycles. The summed E-state index contributed by atoms with van der Waals surface area (Å²) in [6.07, 6.45) is -2.30. The highest BCUT2D eigenvalue weighted by Gasteiger charge is 2.09. The van der Waals surface area contributed by atoms with E-state index in [9.17, 15) is 15.0 Å². The molecule has 17 heavy (non-hydrogen) atoms. The summed E-state index contributed by atoms with van der Waals surface area (Å²) in [5, 5.41) is 18.6. The maximum Gasteiger partial charge on any atom is 0.305 e. The lowest BCUT2D eigenvalue weighted by Crippen LogP contribution is -2.29. The Morgan fingerprint density at radius 3 is 2.88 bits per heavy atom. The van der Waals surface area contributed by atoms with Gasteiger partial charge in [0.15, 0.2) is 11.5 Å². The third-order valence-electron chi connectivity index (χ3n) is 1.96. The molecule has 0 aliphatic carbocycles. The molecule has 1 rings (SSSR count). The van der Waals surface area contributed by atoms with Crippen LogP contribution in [0.25, 0.3) is 0 Å². The largest absolute Gasteiger partial charge is 0.504 e. The van der Waals surface area contributed by atoms with Gasteiger partial charge in [-0.2, -0.15) is 0 Å². The molecule has 5 heteroatoms. The van der Waals surface area contributed by atoms with E-state index in [2.05, 4.69) is 0 Å². The van der Waals surface area contributed by atoms with E-state index in [1.165, 1.54) is 6.07 Å². The van der Waals surface area contributed by atoms with E-state index in [-0.39, 0.29) is 12.0 Å². The molecule has 0 aliphatic rings. The zero-order valence-electron chi connectivity index (χ0n) is 12.4. The summed E-state index contributed by atoms with van der Waals surface area (Å²) >= 11 is 0. The minimum atomic E-state index is -2.40. The van der Waals surface area contributed by atoms with E-state index in [4.69, 9.17) is 14.6 Å². The SMILES string of the molecule is [2H]C(N)(COC(=O)CC)C([2H])([2H])c1ccc(O)c(O)c1. The fraction of sp³-hybridized carbons (Fsp3) is 0.417. The highest BCUT2D eigenvalue weighted by molar-refractivity contribution is 5.68. The molecular weight excluding hydrogens is 222 g/mol. The smallest absolute Gasteiger partial charge is 0.305 e. The number of carbonyl (C=O) groups is 1. The maximum absolute atomic E-state index is 11.1. The van der Waals surface area contributed by atoms with Gasteiger partial charge in [-0.1, -0.05) is 13.0 Å². The highest BCUT2D eigenvalue weighted by atomic mass is 16.5. The van der Waals surface area contributed by atoms with Crippen LogP contribution in [0.3, 0.4) is 0 Å². The van der Waals surface area contributed by atoms with Crippen molar-refractivity contribution in [2.45, 2.75) is 25.7 Å². The Morgan fingerprint density at radius 1 is 1.59 bits per heavy atom. The van der Waals surface area contributed by atoms with E-state index in [1.807, 2.05) is 0 Å². The molecule has 4 N–H and O–H groups in total. The summed E-state index contributed by atoms with van der Waals surface area (Å²) in [4.78, 5) is 11.1. The van der Waals surface area contributed by atoms with E-state index >= 15 is 0 Å². The van der Waals surface area contributed by atoms with Gasteiger partial charge in [-0.05, 0) is 24.1 Å². The molecule has 0 aliphatic heterocycles. The first kappa shape index (κ1) is 9.30. The number of phenols is 2. The second-order valence-electron chi connectivity index (χ2n) is 3.37. The molecular formula is C12H17NO4. The predicted molar refractivity (Wildman–Crippen MR) is 62.7 cm³/mol. The van der Waals surface area contributed by atoms with Crippen molar-refractivity contribution in [2.75, 3.05) is 6.61 Å². The van der Waals surface area contributed by atoms with Crippen molar-refractivity contribution in [3.8, 4) is 11.5 Å². The summed E-state index contributed by atoms with van der Waals surface area (Å²) in [6.45, 7) is 0.936. The van der Waals surface area contributed by atoms with E-state index < -0.39 is 36.5 Å². The number of nitrogens with two attached hydrogens (primary N) is 1. The Hall–Kier alpha value is -1.75. The van der Waals surface area contributed by atoms with Crippen LogP contribution in [0.2, 0.25) is 0 Å². The molecule has 1 unspecified atom stereocenters. The lowest BCUT2D eigenvalue weighted by atomic mass is 10.1. The third kappa shape index (κ3) is 4.32. The molecule has 0 bridgehead atoms. The summed E-state index contributed by atoms with van der Waals surface area (Å²) in [7, 11) is 0. The van der Waals surface area contributed by atoms with Crippen LogP contribution in [0.4, 0.5) is 0 Å². The quantitative estimate of drug-likeness (QED) is 0.527. The second kappa shape index (κ2) is 6.10. The van der Waals surface area contributed by atoms with E-state index in [0.29, 0.717) is 0 Å². The number of rotatable bonds is 5. The second-order valence-corrected chi connectivity index (χ2v) is 3.37. The van der Waals surface area contributed by atoms with Gasteiger partial charge in [0.2, 0.25) is 0 Å². The first-order chi connectivity index (χ1) is 9.11. The Bertz CT molecular complexity index is 505. The average molecular weight is 242 g/mol. The number of hydrogen-bond donors (Lipinski definition) is 3. The van der Waals surface area contributed by atoms with Gasteiger partial charge in [-0.15, -0.1) is 0 Å². The number of esters is 1. The van der Waals surface area contributed by atoms with Crippen LogP contribution in [0, 0.1) is 0 Å². The summed E-state index contributed by atoms with van der Waals surface area (Å²) in [6, 6.07) is 1.04. The van der Waals surface area contributed by atoms with Crippen molar-refractivity contribution in [1.29, 1.82) is 0 Å². The van der Waals surface area contributed by atoms with Gasteiger partial charge in [0, 0.05) is 15.2 Å². The number of aromatic hydroxyl groups is 2. The molecule has 0 radical (unpaired) electrons. The molecule has 0 spiro atoms. The van der Waals surface area contributed by atoms with Crippen LogP contribution < -0.4 is 5.73 Å². The number of benzene rings is 1. The summed E-state index contributed by atoms with van der Waals surface area (Å²) < 4.78 is 28.4. The van der Waals surface area contributed by atoms with Gasteiger partial charge in [0.1, 0.15) is 6.61 Å². The van der Waals surface area contributed by atoms with Gasteiger partial charge in [0.05, 0.1) is 1.37 Å². The Morgan fingerprint density at radius 2 is 2.29 bits per heavy atom. The zero-order valence-corrected chi connectivity index (χ0v) is 9.43. The van der Waals surface area contributed by atoms with E-state index in [0.717, 1.165) is 12.1 Å². The molecule has 0 amide bonds. The lowest BCUT2D eigenvalue weighted by molar-refractivity contribution is -0.143. The van der Waals surface area contributed by atoms with Crippen LogP contribution in [0.15, 0.2) is 18.2 Å². The van der Waals surface area contributed by atoms with Gasteiger partial charge in [-0.3, -0.25) is 4.79 Å². The fourth-order valence-corrected chi connectivity index (χ4v) is 1.08. The standard InChI is InChI=1S/C12H17NO4/c1-2-12(16)17-7-9(13)5-8-3-4-10(14)11(15)6-8/h3-4,6,9,14-15H,2,5,7,13H2,1H3/i5D2,9D. The van der Waals surface area contributed by atoms with E-state index in [1.54, 1.807) is 6.92 Å². The molecule has 94 valence electrons. The van der Waals surface area contributed by atoms with Crippen LogP contribution >= 0.6 is 0 Å². The summed E-state index contributed by atoms with van der Waals surface area (Å²) in [5.74, 6) is -1.52. The van der Waals surface area contributed by atoms with Gasteiger partial charge in [0.25, 0.3) is 0 Å². The highest BCUT2D eigenvalue weighted by Crippen LogP contribution is 2.25. The first-order valence-electron chi connectivity index (χ1n) is 6.59. The third-order valence-corrected chi connectivity index (χ3v) is 1.96. The molecule has 1 aromatic rings. The van der Waals surface area contributed by atoms with Crippen LogP contribution in [0.5, 0.6) is 11.5 Å². The molecule has 0 heterocycles. The van der Waals surface area contributed by atoms with Crippen molar-refractivity contribution in [1.82, 2.24) is 0 Å². The molecule has 1 aromatic carbocycles. The zero-order chi connectivity index (χ0) is 15.6. The number of ether oxygens (including phenoxy) is 1. The minimum Gasteiger partial charge on any atom is -0.504 e. The predicted octanol–water partition coefficient (Wildman–Crippen LogP) is 0.921. The van der Waals surface area contributed by atoms with Crippen molar-refractivity contribution >= 4 is 5.97 Å². The fourth-order valence-electron chi connectivity index (χ4n) is 1.08. The molecule has 5 nitrogen and oxygen atoms in total. The van der Waals surface area contributed by atoms with Crippen LogP contribution in [-0.2, 0) is 15.9 Å². The Balaban J connectivity index is 3.00. The Kier molecular flexibility index (Phi) is 3.34. The Labute approximate surface area is 104 Å². The molecule has 0 fully saturated rings. The van der Waals surface area contributed by atoms with Crippen molar-refractivity contribution in [3.05, 3.63) is 23.8 Å². The molecule has 0 saturated heterocycles. The number of carbonyl (C=O) groups excluding carboxylic acids is 1. The maximum atomic E-state index is 11.1. The monoisotopic (exact) mass is 242 g/mol. The average Bonchev–Trinajstić information content (AvgIpc) is 2.38. The first-order valence-corrected chi connectivity index (χ1v) is 5.09.